The van der Waals surface area contributed by atoms with Crippen LogP contribution >= 0.6 is 0 Å². The van der Waals surface area contributed by atoms with Gasteiger partial charge in [-0.1, -0.05) is 6.92 Å². The molecule has 1 aromatic heterocycles. The lowest BCUT2D eigenvalue weighted by molar-refractivity contribution is 0.106. The van der Waals surface area contributed by atoms with E-state index in [9.17, 15) is 0 Å². The number of aryl methyl sites for hydroxylation is 1. The summed E-state index contributed by atoms with van der Waals surface area (Å²) in [5.74, 6) is 2.34. The monoisotopic (exact) mass is 236 g/mol. The van der Waals surface area contributed by atoms with Gasteiger partial charge in [-0.05, 0) is 31.8 Å². The van der Waals surface area contributed by atoms with E-state index in [1.807, 2.05) is 6.92 Å². The Hall–Kier alpha value is -0.940. The first-order valence-electron chi connectivity index (χ1n) is 6.63. The lowest BCUT2D eigenvalue weighted by Gasteiger charge is -2.35. The van der Waals surface area contributed by atoms with Crippen LogP contribution in [0.15, 0.2) is 4.42 Å². The van der Waals surface area contributed by atoms with Gasteiger partial charge in [0.05, 0.1) is 6.54 Å². The predicted molar refractivity (Wildman–Crippen MR) is 63.5 cm³/mol. The van der Waals surface area contributed by atoms with Gasteiger partial charge in [-0.2, -0.15) is 0 Å². The fourth-order valence-electron chi connectivity index (χ4n) is 3.03. The summed E-state index contributed by atoms with van der Waals surface area (Å²) in [6, 6.07) is 0.667. The SMILES string of the molecule is CCc1nnc(CN2CCCC3CNCC32)o1. The molecule has 5 heteroatoms. The molecule has 2 fully saturated rings. The zero-order valence-electron chi connectivity index (χ0n) is 10.4. The van der Waals surface area contributed by atoms with Crippen LogP contribution in [0.25, 0.3) is 0 Å². The van der Waals surface area contributed by atoms with E-state index < -0.39 is 0 Å². The summed E-state index contributed by atoms with van der Waals surface area (Å²) >= 11 is 0. The van der Waals surface area contributed by atoms with Crippen LogP contribution in [-0.2, 0) is 13.0 Å². The van der Waals surface area contributed by atoms with E-state index in [-0.39, 0.29) is 0 Å². The van der Waals surface area contributed by atoms with E-state index in [4.69, 9.17) is 4.42 Å². The molecular formula is C12H20N4O. The minimum absolute atomic E-state index is 0.667. The van der Waals surface area contributed by atoms with Gasteiger partial charge >= 0.3 is 0 Å². The largest absolute Gasteiger partial charge is 0.424 e. The fraction of sp³-hybridized carbons (Fsp3) is 0.833. The zero-order chi connectivity index (χ0) is 11.7. The van der Waals surface area contributed by atoms with Gasteiger partial charge in [-0.3, -0.25) is 4.90 Å². The molecule has 3 rings (SSSR count). The van der Waals surface area contributed by atoms with Crippen molar-refractivity contribution in [2.75, 3.05) is 19.6 Å². The molecule has 94 valence electrons. The van der Waals surface area contributed by atoms with Crippen molar-refractivity contribution in [2.45, 2.75) is 38.8 Å². The minimum Gasteiger partial charge on any atom is -0.424 e. The number of nitrogens with zero attached hydrogens (tertiary/aromatic N) is 3. The van der Waals surface area contributed by atoms with Crippen molar-refractivity contribution >= 4 is 0 Å². The third-order valence-electron chi connectivity index (χ3n) is 3.94. The second-order valence-electron chi connectivity index (χ2n) is 5.04. The second kappa shape index (κ2) is 4.74. The smallest absolute Gasteiger partial charge is 0.230 e. The molecule has 0 aliphatic carbocycles. The molecule has 0 saturated carbocycles. The summed E-state index contributed by atoms with van der Waals surface area (Å²) in [6.45, 7) is 6.29. The van der Waals surface area contributed by atoms with Crippen molar-refractivity contribution in [3.63, 3.8) is 0 Å². The van der Waals surface area contributed by atoms with Crippen LogP contribution in [0.1, 0.15) is 31.5 Å². The average Bonchev–Trinajstić information content (AvgIpc) is 2.97. The highest BCUT2D eigenvalue weighted by Gasteiger charge is 2.35. The van der Waals surface area contributed by atoms with Crippen molar-refractivity contribution in [3.8, 4) is 0 Å². The molecule has 2 saturated heterocycles. The predicted octanol–water partition coefficient (Wildman–Crippen LogP) is 0.816. The lowest BCUT2D eigenvalue weighted by atomic mass is 9.92. The lowest BCUT2D eigenvalue weighted by Crippen LogP contribution is -2.44. The Morgan fingerprint density at radius 1 is 1.35 bits per heavy atom. The first kappa shape index (κ1) is 11.2. The number of aromatic nitrogens is 2. The third-order valence-corrected chi connectivity index (χ3v) is 3.94. The molecule has 0 radical (unpaired) electrons. The molecule has 0 bridgehead atoms. The van der Waals surface area contributed by atoms with E-state index in [1.54, 1.807) is 0 Å². The van der Waals surface area contributed by atoms with Crippen LogP contribution in [0.2, 0.25) is 0 Å². The first-order valence-corrected chi connectivity index (χ1v) is 6.63. The molecule has 2 aliphatic heterocycles. The topological polar surface area (TPSA) is 54.2 Å². The standard InChI is InChI=1S/C12H20N4O/c1-2-11-14-15-12(17-11)8-16-5-3-4-9-6-13-7-10(9)16/h9-10,13H,2-8H2,1H3. The molecule has 0 aromatic carbocycles. The summed E-state index contributed by atoms with van der Waals surface area (Å²) in [4.78, 5) is 2.50. The Morgan fingerprint density at radius 2 is 2.24 bits per heavy atom. The maximum atomic E-state index is 5.60. The maximum absolute atomic E-state index is 5.60. The van der Waals surface area contributed by atoms with E-state index >= 15 is 0 Å². The van der Waals surface area contributed by atoms with Gasteiger partial charge in [0.1, 0.15) is 0 Å². The van der Waals surface area contributed by atoms with Gasteiger partial charge in [0, 0.05) is 19.0 Å². The Kier molecular flexibility index (Phi) is 3.11. The van der Waals surface area contributed by atoms with Crippen LogP contribution in [0, 0.1) is 5.92 Å². The van der Waals surface area contributed by atoms with Crippen LogP contribution in [0.5, 0.6) is 0 Å². The van der Waals surface area contributed by atoms with Gasteiger partial charge in [0.25, 0.3) is 0 Å². The average molecular weight is 236 g/mol. The molecule has 5 nitrogen and oxygen atoms in total. The molecule has 0 spiro atoms. The van der Waals surface area contributed by atoms with Crippen LogP contribution < -0.4 is 5.32 Å². The summed E-state index contributed by atoms with van der Waals surface area (Å²) in [5.41, 5.74) is 0. The number of likely N-dealkylation sites (tertiary alicyclic amines) is 1. The molecule has 2 atom stereocenters. The number of hydrogen-bond donors (Lipinski definition) is 1. The first-order chi connectivity index (χ1) is 8.36. The summed E-state index contributed by atoms with van der Waals surface area (Å²) in [5, 5.41) is 11.6. The van der Waals surface area contributed by atoms with E-state index in [1.165, 1.54) is 19.4 Å². The van der Waals surface area contributed by atoms with Crippen molar-refractivity contribution in [3.05, 3.63) is 11.8 Å². The van der Waals surface area contributed by atoms with Gasteiger partial charge in [-0.25, -0.2) is 0 Å². The zero-order valence-corrected chi connectivity index (χ0v) is 10.4. The highest BCUT2D eigenvalue weighted by atomic mass is 16.4. The van der Waals surface area contributed by atoms with Crippen LogP contribution in [0.4, 0.5) is 0 Å². The highest BCUT2D eigenvalue weighted by molar-refractivity contribution is 4.93. The van der Waals surface area contributed by atoms with Crippen molar-refractivity contribution in [1.29, 1.82) is 0 Å². The molecule has 0 amide bonds. The summed E-state index contributed by atoms with van der Waals surface area (Å²) in [7, 11) is 0. The van der Waals surface area contributed by atoms with Crippen LogP contribution in [-0.4, -0.2) is 40.8 Å². The molecular weight excluding hydrogens is 216 g/mol. The molecule has 1 aromatic rings. The fourth-order valence-corrected chi connectivity index (χ4v) is 3.03. The second-order valence-corrected chi connectivity index (χ2v) is 5.04. The van der Waals surface area contributed by atoms with Crippen LogP contribution in [0.3, 0.4) is 0 Å². The van der Waals surface area contributed by atoms with E-state index in [0.29, 0.717) is 6.04 Å². The van der Waals surface area contributed by atoms with Crippen molar-refractivity contribution in [1.82, 2.24) is 20.4 Å². The van der Waals surface area contributed by atoms with Crippen molar-refractivity contribution < 1.29 is 4.42 Å². The summed E-state index contributed by atoms with van der Waals surface area (Å²) in [6.07, 6.45) is 3.47. The normalized spacial score (nSPS) is 29.5. The number of rotatable bonds is 3. The van der Waals surface area contributed by atoms with E-state index in [2.05, 4.69) is 20.4 Å². The van der Waals surface area contributed by atoms with Crippen molar-refractivity contribution in [2.24, 2.45) is 5.92 Å². The number of nitrogens with one attached hydrogen (secondary N) is 1. The van der Waals surface area contributed by atoms with Gasteiger partial charge in [-0.15, -0.1) is 10.2 Å². The minimum atomic E-state index is 0.667. The Labute approximate surface area is 102 Å². The van der Waals surface area contributed by atoms with Gasteiger partial charge < -0.3 is 9.73 Å². The van der Waals surface area contributed by atoms with Gasteiger partial charge in [0.2, 0.25) is 11.8 Å². The quantitative estimate of drug-likeness (QED) is 0.842. The summed E-state index contributed by atoms with van der Waals surface area (Å²) < 4.78 is 5.60. The number of hydrogen-bond acceptors (Lipinski definition) is 5. The molecule has 2 aliphatic rings. The molecule has 2 unspecified atom stereocenters. The number of fused-ring (bicyclic) bond motifs is 1. The highest BCUT2D eigenvalue weighted by Crippen LogP contribution is 2.27. The Bertz CT molecular complexity index is 378. The third kappa shape index (κ3) is 2.21. The molecule has 1 N–H and O–H groups in total. The Morgan fingerprint density at radius 3 is 3.06 bits per heavy atom. The Balaban J connectivity index is 1.67. The van der Waals surface area contributed by atoms with E-state index in [0.717, 1.165) is 43.8 Å². The number of piperidine rings is 1. The maximum Gasteiger partial charge on any atom is 0.230 e. The van der Waals surface area contributed by atoms with Gasteiger partial charge in [0.15, 0.2) is 0 Å². The molecule has 3 heterocycles. The molecule has 17 heavy (non-hydrogen) atoms.